The molecule has 0 bridgehead atoms. The number of halogens is 1. The molecule has 2 rings (SSSR count). The van der Waals surface area contributed by atoms with Gasteiger partial charge in [0.2, 0.25) is 5.28 Å². The lowest BCUT2D eigenvalue weighted by atomic mass is 10.2. The summed E-state index contributed by atoms with van der Waals surface area (Å²) in [6.07, 6.45) is 1.12. The first-order chi connectivity index (χ1) is 7.58. The molecule has 0 unspecified atom stereocenters. The average Bonchev–Trinajstić information content (AvgIpc) is 2.64. The zero-order valence-electron chi connectivity index (χ0n) is 8.18. The predicted octanol–water partition coefficient (Wildman–Crippen LogP) is 3.08. The summed E-state index contributed by atoms with van der Waals surface area (Å²) in [7, 11) is 0. The molecule has 16 heavy (non-hydrogen) atoms. The van der Waals surface area contributed by atoms with E-state index in [1.165, 1.54) is 11.3 Å². The molecule has 5 nitrogen and oxygen atoms in total. The van der Waals surface area contributed by atoms with Crippen LogP contribution in [0, 0.1) is 17.0 Å². The smallest absolute Gasteiger partial charge is 0.258 e. The number of hydrogen-bond donors (Lipinski definition) is 0. The van der Waals surface area contributed by atoms with Crippen molar-refractivity contribution in [2.75, 3.05) is 0 Å². The summed E-state index contributed by atoms with van der Waals surface area (Å²) in [4.78, 5) is 18.8. The van der Waals surface area contributed by atoms with Crippen LogP contribution in [-0.4, -0.2) is 14.9 Å². The van der Waals surface area contributed by atoms with E-state index in [0.717, 1.165) is 11.1 Å². The van der Waals surface area contributed by atoms with Crippen molar-refractivity contribution in [2.45, 2.75) is 6.92 Å². The van der Waals surface area contributed by atoms with Gasteiger partial charge in [-0.15, -0.1) is 11.3 Å². The zero-order chi connectivity index (χ0) is 11.7. The molecule has 2 aromatic heterocycles. The fourth-order valence-electron chi connectivity index (χ4n) is 1.27. The predicted molar refractivity (Wildman–Crippen MR) is 61.7 cm³/mol. The lowest BCUT2D eigenvalue weighted by molar-refractivity contribution is -0.384. The lowest BCUT2D eigenvalue weighted by Crippen LogP contribution is -1.96. The minimum atomic E-state index is -0.515. The molecular weight excluding hydrogens is 250 g/mol. The Balaban J connectivity index is 2.62. The van der Waals surface area contributed by atoms with E-state index in [1.54, 1.807) is 5.38 Å². The largest absolute Gasteiger partial charge is 0.313 e. The van der Waals surface area contributed by atoms with Gasteiger partial charge in [0.15, 0.2) is 5.69 Å². The molecule has 0 N–H and O–H groups in total. The number of rotatable bonds is 2. The Kier molecular flexibility index (Phi) is 2.84. The Bertz CT molecular complexity index is 555. The SMILES string of the molecule is Cc1cc(-c2nc(Cl)ncc2[N+](=O)[O-])cs1. The Morgan fingerprint density at radius 3 is 2.88 bits per heavy atom. The second-order valence-electron chi connectivity index (χ2n) is 3.08. The van der Waals surface area contributed by atoms with Crippen molar-refractivity contribution in [3.05, 3.63) is 37.9 Å². The molecule has 0 atom stereocenters. The highest BCUT2D eigenvalue weighted by molar-refractivity contribution is 7.10. The third kappa shape index (κ3) is 2.02. The minimum Gasteiger partial charge on any atom is -0.258 e. The van der Waals surface area contributed by atoms with E-state index in [9.17, 15) is 10.1 Å². The molecule has 0 saturated carbocycles. The molecule has 0 radical (unpaired) electrons. The Morgan fingerprint density at radius 2 is 2.31 bits per heavy atom. The van der Waals surface area contributed by atoms with Crippen molar-refractivity contribution in [1.82, 2.24) is 9.97 Å². The number of nitro groups is 1. The summed E-state index contributed by atoms with van der Waals surface area (Å²) in [5.74, 6) is 0. The van der Waals surface area contributed by atoms with Gasteiger partial charge in [-0.25, -0.2) is 9.97 Å². The third-order valence-electron chi connectivity index (χ3n) is 1.94. The van der Waals surface area contributed by atoms with E-state index < -0.39 is 4.92 Å². The maximum absolute atomic E-state index is 10.8. The molecule has 0 aromatic carbocycles. The normalized spacial score (nSPS) is 10.4. The summed E-state index contributed by atoms with van der Waals surface area (Å²) in [5, 5.41) is 12.6. The van der Waals surface area contributed by atoms with E-state index in [4.69, 9.17) is 11.6 Å². The van der Waals surface area contributed by atoms with Crippen LogP contribution < -0.4 is 0 Å². The van der Waals surface area contributed by atoms with Crippen LogP contribution >= 0.6 is 22.9 Å². The molecule has 82 valence electrons. The van der Waals surface area contributed by atoms with Gasteiger partial charge in [-0.1, -0.05) is 0 Å². The molecule has 2 heterocycles. The van der Waals surface area contributed by atoms with Crippen molar-refractivity contribution in [1.29, 1.82) is 0 Å². The van der Waals surface area contributed by atoms with Crippen molar-refractivity contribution >= 4 is 28.6 Å². The zero-order valence-corrected chi connectivity index (χ0v) is 9.75. The van der Waals surface area contributed by atoms with Crippen LogP contribution in [0.3, 0.4) is 0 Å². The van der Waals surface area contributed by atoms with Gasteiger partial charge < -0.3 is 0 Å². The second-order valence-corrected chi connectivity index (χ2v) is 4.53. The average molecular weight is 256 g/mol. The van der Waals surface area contributed by atoms with E-state index >= 15 is 0 Å². The molecule has 0 amide bonds. The molecule has 0 fully saturated rings. The van der Waals surface area contributed by atoms with Crippen molar-refractivity contribution < 1.29 is 4.92 Å². The summed E-state index contributed by atoms with van der Waals surface area (Å²) < 4.78 is 0. The first-order valence-electron chi connectivity index (χ1n) is 4.30. The Labute approximate surface area is 99.9 Å². The number of thiophene rings is 1. The summed E-state index contributed by atoms with van der Waals surface area (Å²) in [6, 6.07) is 1.83. The highest BCUT2D eigenvalue weighted by Crippen LogP contribution is 2.31. The number of aromatic nitrogens is 2. The van der Waals surface area contributed by atoms with Crippen LogP contribution in [0.2, 0.25) is 5.28 Å². The highest BCUT2D eigenvalue weighted by atomic mass is 35.5. The van der Waals surface area contributed by atoms with Gasteiger partial charge in [0.1, 0.15) is 6.20 Å². The monoisotopic (exact) mass is 255 g/mol. The third-order valence-corrected chi connectivity index (χ3v) is 2.98. The molecule has 2 aromatic rings. The second kappa shape index (κ2) is 4.15. The maximum atomic E-state index is 10.8. The van der Waals surface area contributed by atoms with Crippen LogP contribution in [0.4, 0.5) is 5.69 Å². The van der Waals surface area contributed by atoms with E-state index in [1.807, 2.05) is 13.0 Å². The summed E-state index contributed by atoms with van der Waals surface area (Å²) >= 11 is 7.14. The lowest BCUT2D eigenvalue weighted by Gasteiger charge is -1.98. The molecule has 7 heteroatoms. The standard InChI is InChI=1S/C9H6ClN3O2S/c1-5-2-6(4-16-5)8-7(13(14)15)3-11-9(10)12-8/h2-4H,1H3. The molecule has 0 aliphatic carbocycles. The topological polar surface area (TPSA) is 68.9 Å². The molecule has 0 spiro atoms. The fourth-order valence-corrected chi connectivity index (χ4v) is 2.09. The first kappa shape index (κ1) is 11.0. The molecule has 0 aliphatic heterocycles. The van der Waals surface area contributed by atoms with Gasteiger partial charge in [0.25, 0.3) is 0 Å². The molecular formula is C9H6ClN3O2S. The summed E-state index contributed by atoms with van der Waals surface area (Å²) in [6.45, 7) is 1.92. The van der Waals surface area contributed by atoms with E-state index in [2.05, 4.69) is 9.97 Å². The van der Waals surface area contributed by atoms with Gasteiger partial charge in [-0.3, -0.25) is 10.1 Å². The molecule has 0 saturated heterocycles. The van der Waals surface area contributed by atoms with Gasteiger partial charge in [-0.2, -0.15) is 0 Å². The van der Waals surface area contributed by atoms with Crippen molar-refractivity contribution in [2.24, 2.45) is 0 Å². The van der Waals surface area contributed by atoms with Gasteiger partial charge in [-0.05, 0) is 24.6 Å². The van der Waals surface area contributed by atoms with Gasteiger partial charge >= 0.3 is 5.69 Å². The molecule has 0 aliphatic rings. The number of aryl methyl sites for hydroxylation is 1. The maximum Gasteiger partial charge on any atom is 0.313 e. The fraction of sp³-hybridized carbons (Fsp3) is 0.111. The number of hydrogen-bond acceptors (Lipinski definition) is 5. The van der Waals surface area contributed by atoms with Crippen molar-refractivity contribution in [3.63, 3.8) is 0 Å². The Morgan fingerprint density at radius 1 is 1.56 bits per heavy atom. The highest BCUT2D eigenvalue weighted by Gasteiger charge is 2.19. The van der Waals surface area contributed by atoms with Crippen molar-refractivity contribution in [3.8, 4) is 11.3 Å². The van der Waals surface area contributed by atoms with Crippen LogP contribution in [0.5, 0.6) is 0 Å². The van der Waals surface area contributed by atoms with E-state index in [0.29, 0.717) is 5.56 Å². The summed E-state index contributed by atoms with van der Waals surface area (Å²) in [5.41, 5.74) is 0.815. The first-order valence-corrected chi connectivity index (χ1v) is 5.56. The van der Waals surface area contributed by atoms with Crippen LogP contribution in [0.25, 0.3) is 11.3 Å². The minimum absolute atomic E-state index is 0.00412. The van der Waals surface area contributed by atoms with Gasteiger partial charge in [0.05, 0.1) is 4.92 Å². The van der Waals surface area contributed by atoms with Crippen LogP contribution in [0.15, 0.2) is 17.6 Å². The van der Waals surface area contributed by atoms with Crippen LogP contribution in [0.1, 0.15) is 4.88 Å². The van der Waals surface area contributed by atoms with Crippen LogP contribution in [-0.2, 0) is 0 Å². The van der Waals surface area contributed by atoms with E-state index in [-0.39, 0.29) is 16.7 Å². The Hall–Kier alpha value is -1.53. The number of nitrogens with zero attached hydrogens (tertiary/aromatic N) is 3. The van der Waals surface area contributed by atoms with Gasteiger partial charge in [0, 0.05) is 15.8 Å². The quantitative estimate of drug-likeness (QED) is 0.470.